The second-order valence-electron chi connectivity index (χ2n) is 13.1. The molecule has 2 bridgehead atoms. The predicted molar refractivity (Wildman–Crippen MR) is 156 cm³/mol. The Morgan fingerprint density at radius 2 is 1.98 bits per heavy atom. The van der Waals surface area contributed by atoms with Crippen LogP contribution < -0.4 is 15.0 Å². The molecule has 0 radical (unpaired) electrons. The van der Waals surface area contributed by atoms with Crippen molar-refractivity contribution >= 4 is 16.7 Å². The van der Waals surface area contributed by atoms with Crippen LogP contribution in [0, 0.1) is 5.82 Å². The molecule has 3 aromatic rings. The van der Waals surface area contributed by atoms with Crippen LogP contribution in [0.3, 0.4) is 0 Å². The summed E-state index contributed by atoms with van der Waals surface area (Å²) in [5.41, 5.74) is 2.78. The average Bonchev–Trinajstić information content (AvgIpc) is 3.73. The number of anilines is 1. The maximum atomic E-state index is 16.7. The van der Waals surface area contributed by atoms with Crippen molar-refractivity contribution in [3.8, 4) is 23.0 Å². The lowest BCUT2D eigenvalue weighted by Gasteiger charge is -2.34. The third-order valence-electron chi connectivity index (χ3n) is 10.6. The van der Waals surface area contributed by atoms with Gasteiger partial charge in [0.15, 0.2) is 5.82 Å². The zero-order valence-electron chi connectivity index (χ0n) is 24.1. The number of aromatic nitrogens is 3. The van der Waals surface area contributed by atoms with Crippen molar-refractivity contribution in [2.75, 3.05) is 37.7 Å². The van der Waals surface area contributed by atoms with Gasteiger partial charge >= 0.3 is 6.01 Å². The van der Waals surface area contributed by atoms with Crippen molar-refractivity contribution in [3.05, 3.63) is 35.3 Å². The van der Waals surface area contributed by atoms with E-state index >= 15 is 4.39 Å². The van der Waals surface area contributed by atoms with Crippen molar-refractivity contribution in [1.82, 2.24) is 25.2 Å². The molecule has 4 fully saturated rings. The Kier molecular flexibility index (Phi) is 6.30. The van der Waals surface area contributed by atoms with Crippen molar-refractivity contribution in [1.29, 1.82) is 0 Å². The Morgan fingerprint density at radius 1 is 1.14 bits per heavy atom. The number of benzene rings is 1. The van der Waals surface area contributed by atoms with Gasteiger partial charge in [-0.15, -0.1) is 0 Å². The summed E-state index contributed by atoms with van der Waals surface area (Å²) in [6.07, 6.45) is 8.14. The molecular formula is C32H38F2N6O2. The number of fused-ring (bicyclic) bond motifs is 5. The molecule has 8 nitrogen and oxygen atoms in total. The molecule has 4 aliphatic heterocycles. The zero-order chi connectivity index (χ0) is 28.6. The van der Waals surface area contributed by atoms with Crippen molar-refractivity contribution in [3.63, 3.8) is 0 Å². The molecule has 2 aromatic heterocycles. The van der Waals surface area contributed by atoms with Crippen LogP contribution in [0.2, 0.25) is 0 Å². The van der Waals surface area contributed by atoms with E-state index in [9.17, 15) is 9.50 Å². The Labute approximate surface area is 244 Å². The fraction of sp³-hybridized carbons (Fsp3) is 0.594. The maximum absolute atomic E-state index is 16.7. The molecule has 10 heteroatoms. The SMILES string of the molecule is CCC1CCc2cc(O)cc(-c3ncc4c(N5C[C@H]6CC[C@@H](C5)N6)nc(OC[C@@]56CCCN5C[C@H](F)C6)nc4c3F)c21. The Balaban J connectivity index is 1.23. The third-order valence-corrected chi connectivity index (χ3v) is 10.6. The first-order valence-corrected chi connectivity index (χ1v) is 15.7. The van der Waals surface area contributed by atoms with Crippen LogP contribution in [0.25, 0.3) is 22.2 Å². The number of ether oxygens (including phenoxy) is 1. The molecule has 1 aliphatic carbocycles. The van der Waals surface area contributed by atoms with E-state index < -0.39 is 12.0 Å². The number of phenols is 1. The number of nitrogens with one attached hydrogen (secondary N) is 1. The summed E-state index contributed by atoms with van der Waals surface area (Å²) >= 11 is 0. The highest BCUT2D eigenvalue weighted by Gasteiger charge is 2.49. The molecule has 0 amide bonds. The molecule has 5 aliphatic rings. The normalized spacial score (nSPS) is 30.3. The molecule has 2 N–H and O–H groups in total. The van der Waals surface area contributed by atoms with Crippen molar-refractivity contribution < 1.29 is 18.6 Å². The number of phenolic OH excluding ortho intramolecular Hbond substituents is 1. The summed E-state index contributed by atoms with van der Waals surface area (Å²) < 4.78 is 37.4. The van der Waals surface area contributed by atoms with Crippen LogP contribution in [0.15, 0.2) is 18.3 Å². The van der Waals surface area contributed by atoms with Gasteiger partial charge in [-0.05, 0) is 80.7 Å². The summed E-state index contributed by atoms with van der Waals surface area (Å²) in [6.45, 7) is 5.27. The summed E-state index contributed by atoms with van der Waals surface area (Å²) in [6, 6.07) is 4.29. The van der Waals surface area contributed by atoms with Gasteiger partial charge in [-0.25, -0.2) is 8.78 Å². The lowest BCUT2D eigenvalue weighted by atomic mass is 9.91. The number of pyridine rings is 1. The monoisotopic (exact) mass is 576 g/mol. The number of alkyl halides is 1. The van der Waals surface area contributed by atoms with Crippen LogP contribution >= 0.6 is 0 Å². The van der Waals surface area contributed by atoms with E-state index in [2.05, 4.69) is 32.0 Å². The Hall–Kier alpha value is -3.11. The molecule has 8 rings (SSSR count). The number of piperazine rings is 1. The van der Waals surface area contributed by atoms with Gasteiger partial charge in [0.25, 0.3) is 0 Å². The molecule has 0 saturated carbocycles. The summed E-state index contributed by atoms with van der Waals surface area (Å²) in [4.78, 5) is 18.6. The minimum absolute atomic E-state index is 0.119. The van der Waals surface area contributed by atoms with Crippen molar-refractivity contribution in [2.45, 2.75) is 88.0 Å². The first-order valence-electron chi connectivity index (χ1n) is 15.7. The number of hydrogen-bond acceptors (Lipinski definition) is 8. The minimum Gasteiger partial charge on any atom is -0.508 e. The molecule has 5 atom stereocenters. The molecule has 1 unspecified atom stereocenters. The first-order chi connectivity index (χ1) is 20.4. The molecular weight excluding hydrogens is 538 g/mol. The van der Waals surface area contributed by atoms with Gasteiger partial charge in [-0.3, -0.25) is 9.88 Å². The summed E-state index contributed by atoms with van der Waals surface area (Å²) in [5, 5.41) is 14.8. The number of aryl methyl sites for hydroxylation is 1. The van der Waals surface area contributed by atoms with E-state index in [-0.39, 0.29) is 35.1 Å². The number of nitrogens with zero attached hydrogens (tertiary/aromatic N) is 5. The fourth-order valence-corrected chi connectivity index (χ4v) is 8.60. The van der Waals surface area contributed by atoms with Crippen LogP contribution in [0.1, 0.15) is 68.9 Å². The van der Waals surface area contributed by atoms with E-state index in [0.717, 1.165) is 75.7 Å². The predicted octanol–water partition coefficient (Wildman–Crippen LogP) is 4.87. The second-order valence-corrected chi connectivity index (χ2v) is 13.1. The molecule has 222 valence electrons. The highest BCUT2D eigenvalue weighted by Crippen LogP contribution is 2.45. The van der Waals surface area contributed by atoms with Gasteiger partial charge in [0.05, 0.1) is 10.9 Å². The Morgan fingerprint density at radius 3 is 2.79 bits per heavy atom. The zero-order valence-corrected chi connectivity index (χ0v) is 24.1. The highest BCUT2D eigenvalue weighted by atomic mass is 19.1. The average molecular weight is 577 g/mol. The maximum Gasteiger partial charge on any atom is 0.319 e. The van der Waals surface area contributed by atoms with Gasteiger partial charge in [0, 0.05) is 49.9 Å². The lowest BCUT2D eigenvalue weighted by Crippen LogP contribution is -2.51. The van der Waals surface area contributed by atoms with Crippen LogP contribution in [-0.4, -0.2) is 81.5 Å². The smallest absolute Gasteiger partial charge is 0.319 e. The van der Waals surface area contributed by atoms with Gasteiger partial charge in [0.2, 0.25) is 0 Å². The molecule has 42 heavy (non-hydrogen) atoms. The standard InChI is InChI=1S/C32H38F2N6O2/c1-2-18-4-5-19-10-23(41)11-24(26(18)19)28-27(34)29-25(13-35-28)30(39-15-21-6-7-22(16-39)36-21)38-31(37-29)42-17-32-8-3-9-40(32)14-20(33)12-32/h10-11,13,18,20-22,36,41H,2-9,12,14-17H2,1H3/t18?,20-,21-,22+,32+/m1/s1. The largest absolute Gasteiger partial charge is 0.508 e. The van der Waals surface area contributed by atoms with Gasteiger partial charge < -0.3 is 20.1 Å². The topological polar surface area (TPSA) is 86.6 Å². The highest BCUT2D eigenvalue weighted by molar-refractivity contribution is 5.92. The van der Waals surface area contributed by atoms with E-state index in [1.54, 1.807) is 18.3 Å². The van der Waals surface area contributed by atoms with Crippen LogP contribution in [0.5, 0.6) is 11.8 Å². The van der Waals surface area contributed by atoms with Crippen LogP contribution in [-0.2, 0) is 6.42 Å². The van der Waals surface area contributed by atoms with Gasteiger partial charge in [-0.2, -0.15) is 9.97 Å². The quantitative estimate of drug-likeness (QED) is 0.430. The second kappa shape index (κ2) is 9.98. The fourth-order valence-electron chi connectivity index (χ4n) is 8.60. The van der Waals surface area contributed by atoms with Gasteiger partial charge in [-0.1, -0.05) is 6.92 Å². The summed E-state index contributed by atoms with van der Waals surface area (Å²) in [7, 11) is 0. The molecule has 0 spiro atoms. The first kappa shape index (κ1) is 26.5. The Bertz CT molecular complexity index is 1540. The molecule has 6 heterocycles. The van der Waals surface area contributed by atoms with E-state index in [4.69, 9.17) is 9.72 Å². The summed E-state index contributed by atoms with van der Waals surface area (Å²) in [5.74, 6) is 0.519. The molecule has 1 aromatic carbocycles. The van der Waals surface area contributed by atoms with Crippen LogP contribution in [0.4, 0.5) is 14.6 Å². The minimum atomic E-state index is -0.861. The number of halogens is 2. The van der Waals surface area contributed by atoms with Crippen molar-refractivity contribution in [2.24, 2.45) is 0 Å². The lowest BCUT2D eigenvalue weighted by molar-refractivity contribution is 0.107. The van der Waals surface area contributed by atoms with E-state index in [0.29, 0.717) is 47.7 Å². The van der Waals surface area contributed by atoms with Gasteiger partial charge in [0.1, 0.15) is 35.6 Å². The number of aromatic hydroxyl groups is 1. The molecule has 4 saturated heterocycles. The number of hydrogen-bond donors (Lipinski definition) is 2. The van der Waals surface area contributed by atoms with E-state index in [1.807, 2.05) is 0 Å². The van der Waals surface area contributed by atoms with E-state index in [1.165, 1.54) is 0 Å². The number of rotatable bonds is 6. The third kappa shape index (κ3) is 4.24.